The highest BCUT2D eigenvalue weighted by Crippen LogP contribution is 2.18. The summed E-state index contributed by atoms with van der Waals surface area (Å²) in [6.07, 6.45) is 0.430. The molecule has 2 amide bonds. The minimum Gasteiger partial charge on any atom is -0.395 e. The Hall–Kier alpha value is -2.12. The van der Waals surface area contributed by atoms with E-state index in [1.807, 2.05) is 12.1 Å². The van der Waals surface area contributed by atoms with Crippen LogP contribution in [0.5, 0.6) is 0 Å². The van der Waals surface area contributed by atoms with Gasteiger partial charge in [0.2, 0.25) is 11.7 Å². The normalized spacial score (nSPS) is 10.5. The highest BCUT2D eigenvalue weighted by Gasteiger charge is 2.10. The van der Waals surface area contributed by atoms with Gasteiger partial charge in [-0.2, -0.15) is 4.98 Å². The third kappa shape index (κ3) is 4.44. The number of carbonyl (C=O) groups is 1. The Balaban J connectivity index is 1.85. The molecule has 8 heteroatoms. The number of nitrogens with one attached hydrogen (secondary N) is 1. The third-order valence-electron chi connectivity index (χ3n) is 2.97. The number of halogens is 1. The zero-order valence-electron chi connectivity index (χ0n) is 12.1. The van der Waals surface area contributed by atoms with Crippen LogP contribution in [0.2, 0.25) is 5.02 Å². The van der Waals surface area contributed by atoms with E-state index in [1.54, 1.807) is 19.2 Å². The largest absolute Gasteiger partial charge is 0.395 e. The Morgan fingerprint density at radius 1 is 1.41 bits per heavy atom. The number of aromatic nitrogens is 2. The van der Waals surface area contributed by atoms with Crippen molar-refractivity contribution < 1.29 is 14.4 Å². The summed E-state index contributed by atoms with van der Waals surface area (Å²) in [5, 5.41) is 16.0. The Bertz CT molecular complexity index is 615. The lowest BCUT2D eigenvalue weighted by molar-refractivity contribution is 0.190. The molecule has 118 valence electrons. The molecule has 0 aliphatic carbocycles. The van der Waals surface area contributed by atoms with Crippen molar-refractivity contribution in [1.82, 2.24) is 20.4 Å². The van der Waals surface area contributed by atoms with Crippen LogP contribution in [0, 0.1) is 0 Å². The average molecular weight is 325 g/mol. The fourth-order valence-electron chi connectivity index (χ4n) is 1.74. The molecule has 2 N–H and O–H groups in total. The summed E-state index contributed by atoms with van der Waals surface area (Å²) in [4.78, 5) is 17.3. The molecule has 2 rings (SSSR count). The van der Waals surface area contributed by atoms with Gasteiger partial charge in [0.25, 0.3) is 0 Å². The second-order valence-electron chi connectivity index (χ2n) is 4.65. The highest BCUT2D eigenvalue weighted by molar-refractivity contribution is 6.30. The first kappa shape index (κ1) is 16.3. The lowest BCUT2D eigenvalue weighted by Crippen LogP contribution is -2.39. The van der Waals surface area contributed by atoms with Gasteiger partial charge in [-0.05, 0) is 24.3 Å². The van der Waals surface area contributed by atoms with E-state index in [-0.39, 0.29) is 19.2 Å². The lowest BCUT2D eigenvalue weighted by Gasteiger charge is -2.15. The molecule has 0 saturated carbocycles. The molecule has 0 unspecified atom stereocenters. The van der Waals surface area contributed by atoms with Gasteiger partial charge in [0.05, 0.1) is 6.61 Å². The van der Waals surface area contributed by atoms with E-state index in [0.717, 1.165) is 5.56 Å². The van der Waals surface area contributed by atoms with Crippen molar-refractivity contribution in [3.05, 3.63) is 35.2 Å². The molecule has 1 aromatic heterocycles. The zero-order chi connectivity index (χ0) is 15.9. The van der Waals surface area contributed by atoms with E-state index < -0.39 is 0 Å². The third-order valence-corrected chi connectivity index (χ3v) is 3.22. The van der Waals surface area contributed by atoms with Gasteiger partial charge in [-0.3, -0.25) is 0 Å². The first-order chi connectivity index (χ1) is 10.6. The Labute approximate surface area is 132 Å². The fourth-order valence-corrected chi connectivity index (χ4v) is 1.86. The van der Waals surface area contributed by atoms with E-state index in [9.17, 15) is 4.79 Å². The van der Waals surface area contributed by atoms with Crippen LogP contribution >= 0.6 is 11.6 Å². The molecule has 0 aliphatic heterocycles. The number of benzene rings is 1. The van der Waals surface area contributed by atoms with E-state index in [2.05, 4.69) is 15.5 Å². The molecule has 0 fully saturated rings. The molecule has 0 aliphatic rings. The van der Waals surface area contributed by atoms with Crippen LogP contribution in [-0.4, -0.2) is 52.9 Å². The summed E-state index contributed by atoms with van der Waals surface area (Å²) in [7, 11) is 1.61. The van der Waals surface area contributed by atoms with E-state index in [4.69, 9.17) is 21.2 Å². The molecule has 1 heterocycles. The summed E-state index contributed by atoms with van der Waals surface area (Å²) in [5.41, 5.74) is 0.811. The zero-order valence-corrected chi connectivity index (χ0v) is 12.9. The average Bonchev–Trinajstić information content (AvgIpc) is 2.97. The number of likely N-dealkylation sites (N-methyl/N-ethyl adjacent to an activating group) is 1. The molecule has 22 heavy (non-hydrogen) atoms. The van der Waals surface area contributed by atoms with Gasteiger partial charge in [0.15, 0.2) is 0 Å². The van der Waals surface area contributed by atoms with Crippen molar-refractivity contribution in [2.45, 2.75) is 6.42 Å². The molecule has 0 atom stereocenters. The molecule has 7 nitrogen and oxygen atoms in total. The summed E-state index contributed by atoms with van der Waals surface area (Å²) in [6, 6.07) is 6.87. The molecule has 0 radical (unpaired) electrons. The van der Waals surface area contributed by atoms with Gasteiger partial charge in [0, 0.05) is 37.1 Å². The number of aliphatic hydroxyl groups excluding tert-OH is 1. The van der Waals surface area contributed by atoms with Gasteiger partial charge < -0.3 is 19.8 Å². The Kier molecular flexibility index (Phi) is 5.74. The van der Waals surface area contributed by atoms with Crippen molar-refractivity contribution in [3.63, 3.8) is 0 Å². The Morgan fingerprint density at radius 2 is 2.14 bits per heavy atom. The molecular formula is C14H17ClN4O3. The summed E-state index contributed by atoms with van der Waals surface area (Å²) >= 11 is 5.83. The number of nitrogens with zero attached hydrogens (tertiary/aromatic N) is 3. The van der Waals surface area contributed by atoms with Crippen molar-refractivity contribution in [2.75, 3.05) is 26.7 Å². The number of amides is 2. The van der Waals surface area contributed by atoms with Gasteiger partial charge >= 0.3 is 6.03 Å². The van der Waals surface area contributed by atoms with E-state index >= 15 is 0 Å². The van der Waals surface area contributed by atoms with Crippen LogP contribution in [0.1, 0.15) is 5.89 Å². The summed E-state index contributed by atoms with van der Waals surface area (Å²) in [6.45, 7) is 0.585. The number of aliphatic hydroxyl groups is 1. The SMILES string of the molecule is CN(CCO)C(=O)NCCc1nc(-c2ccc(Cl)cc2)no1. The van der Waals surface area contributed by atoms with E-state index in [0.29, 0.717) is 29.7 Å². The van der Waals surface area contributed by atoms with Gasteiger partial charge in [-0.25, -0.2) is 4.79 Å². The lowest BCUT2D eigenvalue weighted by atomic mass is 10.2. The Morgan fingerprint density at radius 3 is 2.82 bits per heavy atom. The minimum atomic E-state index is -0.258. The van der Waals surface area contributed by atoms with Crippen LogP contribution in [0.3, 0.4) is 0 Å². The fraction of sp³-hybridized carbons (Fsp3) is 0.357. The summed E-state index contributed by atoms with van der Waals surface area (Å²) in [5.74, 6) is 0.922. The highest BCUT2D eigenvalue weighted by atomic mass is 35.5. The smallest absolute Gasteiger partial charge is 0.317 e. The van der Waals surface area contributed by atoms with Gasteiger partial charge in [-0.15, -0.1) is 0 Å². The minimum absolute atomic E-state index is 0.0714. The number of rotatable bonds is 6. The second kappa shape index (κ2) is 7.77. The van der Waals surface area contributed by atoms with Crippen molar-refractivity contribution in [3.8, 4) is 11.4 Å². The predicted molar refractivity (Wildman–Crippen MR) is 81.6 cm³/mol. The number of hydrogen-bond acceptors (Lipinski definition) is 5. The molecule has 0 bridgehead atoms. The molecule has 0 spiro atoms. The van der Waals surface area contributed by atoms with Crippen LogP contribution in [-0.2, 0) is 6.42 Å². The van der Waals surface area contributed by atoms with Gasteiger partial charge in [0.1, 0.15) is 0 Å². The van der Waals surface area contributed by atoms with Crippen molar-refractivity contribution in [2.24, 2.45) is 0 Å². The van der Waals surface area contributed by atoms with Crippen molar-refractivity contribution >= 4 is 17.6 Å². The molecule has 0 saturated heterocycles. The number of carbonyl (C=O) groups excluding carboxylic acids is 1. The number of urea groups is 1. The maximum absolute atomic E-state index is 11.6. The standard InChI is InChI=1S/C14H17ClN4O3/c1-19(8-9-20)14(21)16-7-6-12-17-13(18-22-12)10-2-4-11(15)5-3-10/h2-5,20H,6-9H2,1H3,(H,16,21). The molecular weight excluding hydrogens is 308 g/mol. The quantitative estimate of drug-likeness (QED) is 0.841. The molecule has 2 aromatic rings. The first-order valence-corrected chi connectivity index (χ1v) is 7.16. The van der Waals surface area contributed by atoms with Crippen LogP contribution in [0.4, 0.5) is 4.79 Å². The summed E-state index contributed by atoms with van der Waals surface area (Å²) < 4.78 is 5.14. The van der Waals surface area contributed by atoms with Crippen LogP contribution in [0.25, 0.3) is 11.4 Å². The molecule has 1 aromatic carbocycles. The predicted octanol–water partition coefficient (Wildman–Crippen LogP) is 1.57. The monoisotopic (exact) mass is 324 g/mol. The van der Waals surface area contributed by atoms with Gasteiger partial charge in [-0.1, -0.05) is 16.8 Å². The van der Waals surface area contributed by atoms with Crippen LogP contribution in [0.15, 0.2) is 28.8 Å². The maximum Gasteiger partial charge on any atom is 0.317 e. The maximum atomic E-state index is 11.6. The van der Waals surface area contributed by atoms with Crippen LogP contribution < -0.4 is 5.32 Å². The second-order valence-corrected chi connectivity index (χ2v) is 5.08. The van der Waals surface area contributed by atoms with E-state index in [1.165, 1.54) is 4.90 Å². The number of hydrogen-bond donors (Lipinski definition) is 2. The topological polar surface area (TPSA) is 91.5 Å². The van der Waals surface area contributed by atoms with Crippen molar-refractivity contribution in [1.29, 1.82) is 0 Å². The first-order valence-electron chi connectivity index (χ1n) is 6.78.